The highest BCUT2D eigenvalue weighted by molar-refractivity contribution is 5.98. The normalized spacial score (nSPS) is 12.4. The Morgan fingerprint density at radius 2 is 1.11 bits per heavy atom. The van der Waals surface area contributed by atoms with Crippen molar-refractivity contribution in [3.63, 3.8) is 0 Å². The van der Waals surface area contributed by atoms with Crippen molar-refractivity contribution in [2.24, 2.45) is 4.99 Å². The lowest BCUT2D eigenvalue weighted by Crippen LogP contribution is -2.47. The van der Waals surface area contributed by atoms with Gasteiger partial charge in [-0.1, -0.05) is 135 Å². The molecule has 0 spiro atoms. The Hall–Kier alpha value is -3.11. The number of ether oxygens (including phenoxy) is 1. The number of unbranched alkanes of at least 4 members (excludes halogenated alkanes) is 20. The van der Waals surface area contributed by atoms with Gasteiger partial charge in [0.2, 0.25) is 17.8 Å². The monoisotopic (exact) mass is 750 g/mol. The van der Waals surface area contributed by atoms with E-state index < -0.39 is 23.8 Å². The van der Waals surface area contributed by atoms with Crippen LogP contribution >= 0.6 is 0 Å². The van der Waals surface area contributed by atoms with Crippen molar-refractivity contribution in [1.29, 1.82) is 0 Å². The number of carbonyl (C=O) groups excluding carboxylic acids is 3. The van der Waals surface area contributed by atoms with Gasteiger partial charge < -0.3 is 25.8 Å². The van der Waals surface area contributed by atoms with E-state index in [1.54, 1.807) is 20.8 Å². The van der Waals surface area contributed by atoms with Gasteiger partial charge in [-0.2, -0.15) is 0 Å². The third-order valence-corrected chi connectivity index (χ3v) is 8.94. The summed E-state index contributed by atoms with van der Waals surface area (Å²) in [5.74, 6) is -0.624. The summed E-state index contributed by atoms with van der Waals surface area (Å²) in [4.78, 5) is 52.8. The molecule has 0 aliphatic heterocycles. The molecule has 0 fully saturated rings. The predicted molar refractivity (Wildman–Crippen MR) is 218 cm³/mol. The Labute approximate surface area is 323 Å². The Balaban J connectivity index is 4.69. The summed E-state index contributed by atoms with van der Waals surface area (Å²) < 4.78 is 5.19. The van der Waals surface area contributed by atoms with Crippen LogP contribution in [0.25, 0.3) is 0 Å². The topological polar surface area (TPSA) is 158 Å². The van der Waals surface area contributed by atoms with Gasteiger partial charge in [0.15, 0.2) is 0 Å². The van der Waals surface area contributed by atoms with Crippen molar-refractivity contribution in [3.8, 4) is 0 Å². The maximum Gasteiger partial charge on any atom is 0.434 e. The number of amides is 4. The molecule has 0 unspecified atom stereocenters. The highest BCUT2D eigenvalue weighted by Gasteiger charge is 2.21. The Morgan fingerprint density at radius 1 is 0.642 bits per heavy atom. The number of carboxylic acid groups (broad SMARTS) is 1. The second kappa shape index (κ2) is 34.6. The summed E-state index contributed by atoms with van der Waals surface area (Å²) in [6.45, 7) is 10.3. The van der Waals surface area contributed by atoms with Crippen molar-refractivity contribution in [2.75, 3.05) is 13.1 Å². The first-order valence-corrected chi connectivity index (χ1v) is 21.3. The van der Waals surface area contributed by atoms with Crippen LogP contribution in [0.3, 0.4) is 0 Å². The first-order valence-electron chi connectivity index (χ1n) is 21.3. The van der Waals surface area contributed by atoms with Crippen molar-refractivity contribution in [2.45, 2.75) is 213 Å². The van der Waals surface area contributed by atoms with E-state index in [0.717, 1.165) is 51.4 Å². The molecule has 308 valence electrons. The lowest BCUT2D eigenvalue weighted by molar-refractivity contribution is -0.129. The standard InChI is InChI=1S/C42H79N5O6/c1-6-8-10-12-14-16-18-19-20-21-22-23-25-27-29-33-37(48)45-36(38(49)43-34-30-28-26-24-17-15-13-11-9-7-2)32-31-35-44-39(46-40(50)51)47-41(52)53-42(3,4)5/h19-20,36H,6-18,21-35H2,1-5H3,(H,43,49)(H,45,48)(H,50,51)(H2,44,46,47,52)/b20-19+/t36-/m0/s1. The summed E-state index contributed by atoms with van der Waals surface area (Å²) in [5, 5.41) is 20.2. The van der Waals surface area contributed by atoms with Gasteiger partial charge in [0, 0.05) is 19.5 Å². The summed E-state index contributed by atoms with van der Waals surface area (Å²) in [6, 6.07) is -0.714. The molecule has 5 N–H and O–H groups in total. The highest BCUT2D eigenvalue weighted by atomic mass is 16.6. The van der Waals surface area contributed by atoms with Gasteiger partial charge in [0.1, 0.15) is 11.6 Å². The van der Waals surface area contributed by atoms with Crippen molar-refractivity contribution >= 4 is 30.0 Å². The quantitative estimate of drug-likeness (QED) is 0.0198. The molecular weight excluding hydrogens is 670 g/mol. The number of aliphatic imine (C=N–C) groups is 1. The molecule has 1 atom stereocenters. The molecule has 0 bridgehead atoms. The molecule has 0 aromatic carbocycles. The molecule has 0 aromatic rings. The average molecular weight is 750 g/mol. The van der Waals surface area contributed by atoms with E-state index in [-0.39, 0.29) is 24.3 Å². The second-order valence-corrected chi connectivity index (χ2v) is 15.4. The van der Waals surface area contributed by atoms with Crippen LogP contribution in [0.15, 0.2) is 17.1 Å². The zero-order valence-corrected chi connectivity index (χ0v) is 34.5. The summed E-state index contributed by atoms with van der Waals surface area (Å²) >= 11 is 0. The van der Waals surface area contributed by atoms with Crippen molar-refractivity contribution in [1.82, 2.24) is 21.3 Å². The van der Waals surface area contributed by atoms with Crippen molar-refractivity contribution < 1.29 is 29.0 Å². The molecule has 0 radical (unpaired) electrons. The van der Waals surface area contributed by atoms with Gasteiger partial charge in [-0.25, -0.2) is 9.59 Å². The minimum atomic E-state index is -1.48. The molecule has 0 rings (SSSR count). The SMILES string of the molecule is CCCCCCCC/C=C/CCCCCCCC(=O)N[C@@H](CCCN/C(=N\C(=O)O)NC(=O)OC(C)(C)C)C(=O)NCCCCCCCCCCCC. The minimum absolute atomic E-state index is 0.144. The van der Waals surface area contributed by atoms with E-state index in [4.69, 9.17) is 9.84 Å². The largest absolute Gasteiger partial charge is 0.463 e. The summed E-state index contributed by atoms with van der Waals surface area (Å²) in [7, 11) is 0. The molecule has 0 aliphatic carbocycles. The highest BCUT2D eigenvalue weighted by Crippen LogP contribution is 2.12. The van der Waals surface area contributed by atoms with Gasteiger partial charge in [0.25, 0.3) is 0 Å². The first-order chi connectivity index (χ1) is 25.5. The Morgan fingerprint density at radius 3 is 1.62 bits per heavy atom. The summed E-state index contributed by atoms with van der Waals surface area (Å²) in [6.07, 6.45) is 31.0. The fourth-order valence-corrected chi connectivity index (χ4v) is 5.96. The molecule has 4 amide bonds. The maximum atomic E-state index is 13.2. The zero-order chi connectivity index (χ0) is 39.4. The molecule has 0 saturated carbocycles. The van der Waals surface area contributed by atoms with Gasteiger partial charge in [-0.3, -0.25) is 14.9 Å². The fourth-order valence-electron chi connectivity index (χ4n) is 5.96. The average Bonchev–Trinajstić information content (AvgIpc) is 3.08. The second-order valence-electron chi connectivity index (χ2n) is 15.4. The van der Waals surface area contributed by atoms with Crippen LogP contribution in [0.1, 0.15) is 202 Å². The minimum Gasteiger partial charge on any atom is -0.463 e. The molecule has 53 heavy (non-hydrogen) atoms. The molecule has 0 heterocycles. The van der Waals surface area contributed by atoms with E-state index in [1.807, 2.05) is 0 Å². The maximum absolute atomic E-state index is 13.2. The van der Waals surface area contributed by atoms with E-state index in [2.05, 4.69) is 52.3 Å². The van der Waals surface area contributed by atoms with Gasteiger partial charge in [-0.15, -0.1) is 4.99 Å². The van der Waals surface area contributed by atoms with Crippen molar-refractivity contribution in [3.05, 3.63) is 12.2 Å². The smallest absolute Gasteiger partial charge is 0.434 e. The van der Waals surface area contributed by atoms with Gasteiger partial charge >= 0.3 is 12.2 Å². The Bertz CT molecular complexity index is 1010. The first kappa shape index (κ1) is 49.9. The van der Waals surface area contributed by atoms with Crippen LogP contribution in [-0.2, 0) is 14.3 Å². The molecule has 11 heteroatoms. The number of hydrogen-bond acceptors (Lipinski definition) is 5. The number of hydrogen-bond donors (Lipinski definition) is 5. The number of carbonyl (C=O) groups is 4. The lowest BCUT2D eigenvalue weighted by atomic mass is 10.1. The fraction of sp³-hybridized carbons (Fsp3) is 0.833. The Kier molecular flexibility index (Phi) is 32.6. The third kappa shape index (κ3) is 35.7. The van der Waals surface area contributed by atoms with Crippen LogP contribution in [0.5, 0.6) is 0 Å². The number of nitrogens with one attached hydrogen (secondary N) is 4. The molecular formula is C42H79N5O6. The van der Waals surface area contributed by atoms with E-state index >= 15 is 0 Å². The number of allylic oxidation sites excluding steroid dienone is 2. The van der Waals surface area contributed by atoms with Crippen LogP contribution in [0.2, 0.25) is 0 Å². The molecule has 0 aliphatic rings. The number of rotatable bonds is 32. The summed E-state index contributed by atoms with van der Waals surface area (Å²) in [5.41, 5.74) is -0.769. The van der Waals surface area contributed by atoms with Crippen LogP contribution in [-0.4, -0.2) is 59.8 Å². The van der Waals surface area contributed by atoms with E-state index in [9.17, 15) is 19.2 Å². The van der Waals surface area contributed by atoms with Gasteiger partial charge in [0.05, 0.1) is 0 Å². The molecule has 0 aromatic heterocycles. The van der Waals surface area contributed by atoms with E-state index in [0.29, 0.717) is 25.8 Å². The number of guanidine groups is 1. The van der Waals surface area contributed by atoms with Crippen LogP contribution in [0, 0.1) is 0 Å². The predicted octanol–water partition coefficient (Wildman–Crippen LogP) is 10.5. The van der Waals surface area contributed by atoms with Crippen LogP contribution < -0.4 is 21.3 Å². The number of alkyl carbamates (subject to hydrolysis) is 1. The number of nitrogens with zero attached hydrogens (tertiary/aromatic N) is 1. The zero-order valence-electron chi connectivity index (χ0n) is 34.5. The van der Waals surface area contributed by atoms with Gasteiger partial charge in [-0.05, 0) is 72.1 Å². The lowest BCUT2D eigenvalue weighted by Gasteiger charge is -2.21. The van der Waals surface area contributed by atoms with E-state index in [1.165, 1.54) is 96.3 Å². The molecule has 0 saturated heterocycles. The van der Waals surface area contributed by atoms with Crippen LogP contribution in [0.4, 0.5) is 9.59 Å². The molecule has 11 nitrogen and oxygen atoms in total. The third-order valence-electron chi connectivity index (χ3n) is 8.94.